The molecule has 2 fully saturated rings. The van der Waals surface area contributed by atoms with Crippen molar-refractivity contribution in [1.82, 2.24) is 15.5 Å². The fraction of sp³-hybridized carbons (Fsp3) is 0.576. The lowest BCUT2D eigenvalue weighted by molar-refractivity contribution is -0.142. The molecule has 1 heterocycles. The molecule has 0 bridgehead atoms. The standard InChI is InChI=1S/C33H48N4O6S.ClH/c1-3-4-20-34-32(40)33(35-30(31(38)39)23-25-8-6-5-7-9-25)18-21-37(22-19-33)24-26-10-14-28(15-11-26)43-29-16-12-27(13-17-29)36-44(2,41)42;/h10-17,25,30,35-36H,3-9,18-24H2,1-2H3,(H,34,40)(H,38,39);1H/t30-;/m0./s1. The molecular weight excluding hydrogens is 616 g/mol. The molecule has 0 spiro atoms. The van der Waals surface area contributed by atoms with Crippen LogP contribution in [-0.4, -0.2) is 67.8 Å². The van der Waals surface area contributed by atoms with Gasteiger partial charge < -0.3 is 15.2 Å². The predicted octanol–water partition coefficient (Wildman–Crippen LogP) is 5.54. The zero-order chi connectivity index (χ0) is 31.6. The highest BCUT2D eigenvalue weighted by atomic mass is 35.5. The van der Waals surface area contributed by atoms with Crippen LogP contribution in [0.1, 0.15) is 76.7 Å². The minimum Gasteiger partial charge on any atom is -0.480 e. The number of nitrogens with zero attached hydrogens (tertiary/aromatic N) is 1. The number of unbranched alkanes of at least 4 members (excludes halogenated alkanes) is 1. The molecule has 0 unspecified atom stereocenters. The molecule has 4 N–H and O–H groups in total. The first-order valence-electron chi connectivity index (χ1n) is 15.9. The zero-order valence-corrected chi connectivity index (χ0v) is 28.1. The highest BCUT2D eigenvalue weighted by Crippen LogP contribution is 2.31. The number of amides is 1. The Balaban J connectivity index is 0.00000552. The molecule has 1 amide bonds. The largest absolute Gasteiger partial charge is 0.480 e. The van der Waals surface area contributed by atoms with Crippen LogP contribution in [0.4, 0.5) is 5.69 Å². The number of ether oxygens (including phenoxy) is 1. The Kier molecular flexibility index (Phi) is 14.0. The van der Waals surface area contributed by atoms with E-state index >= 15 is 0 Å². The number of anilines is 1. The number of likely N-dealkylation sites (tertiary alicyclic amines) is 1. The minimum atomic E-state index is -3.34. The summed E-state index contributed by atoms with van der Waals surface area (Å²) in [6, 6.07) is 13.8. The maximum absolute atomic E-state index is 13.5. The van der Waals surface area contributed by atoms with Gasteiger partial charge >= 0.3 is 5.97 Å². The summed E-state index contributed by atoms with van der Waals surface area (Å²) in [7, 11) is -3.34. The van der Waals surface area contributed by atoms with Gasteiger partial charge in [0.15, 0.2) is 0 Å². The average molecular weight is 665 g/mol. The third-order valence-electron chi connectivity index (χ3n) is 8.73. The SMILES string of the molecule is CCCCNC(=O)C1(N[C@@H](CC2CCCCC2)C(=O)O)CCN(Cc2ccc(Oc3ccc(NS(C)(=O)=O)cc3)cc2)CC1.Cl. The van der Waals surface area contributed by atoms with Crippen LogP contribution < -0.4 is 20.1 Å². The van der Waals surface area contributed by atoms with Gasteiger partial charge in [0, 0.05) is 31.9 Å². The number of halogens is 1. The van der Waals surface area contributed by atoms with E-state index in [-0.39, 0.29) is 18.3 Å². The monoisotopic (exact) mass is 664 g/mol. The first-order chi connectivity index (χ1) is 21.0. The van der Waals surface area contributed by atoms with Crippen LogP contribution in [-0.2, 0) is 26.2 Å². The number of carbonyl (C=O) groups is 2. The molecule has 0 aromatic heterocycles. The maximum Gasteiger partial charge on any atom is 0.320 e. The first kappa shape index (κ1) is 36.6. The van der Waals surface area contributed by atoms with Gasteiger partial charge in [0.25, 0.3) is 0 Å². The lowest BCUT2D eigenvalue weighted by atomic mass is 9.81. The summed E-state index contributed by atoms with van der Waals surface area (Å²) in [4.78, 5) is 28.2. The zero-order valence-electron chi connectivity index (χ0n) is 26.4. The van der Waals surface area contributed by atoms with E-state index in [4.69, 9.17) is 4.74 Å². The molecule has 1 saturated carbocycles. The number of carboxylic acid groups (broad SMARTS) is 1. The van der Waals surface area contributed by atoms with Crippen molar-refractivity contribution in [1.29, 1.82) is 0 Å². The molecule has 250 valence electrons. The predicted molar refractivity (Wildman–Crippen MR) is 180 cm³/mol. The van der Waals surface area contributed by atoms with E-state index < -0.39 is 27.6 Å². The van der Waals surface area contributed by atoms with E-state index in [1.165, 1.54) is 6.42 Å². The normalized spacial score (nSPS) is 17.9. The number of piperidine rings is 1. The second-order valence-electron chi connectivity index (χ2n) is 12.4. The lowest BCUT2D eigenvalue weighted by Gasteiger charge is -2.43. The van der Waals surface area contributed by atoms with E-state index in [2.05, 4.69) is 27.2 Å². The lowest BCUT2D eigenvalue weighted by Crippen LogP contribution is -2.65. The van der Waals surface area contributed by atoms with Crippen molar-refractivity contribution in [2.24, 2.45) is 5.92 Å². The first-order valence-corrected chi connectivity index (χ1v) is 17.8. The van der Waals surface area contributed by atoms with Gasteiger partial charge in [0.1, 0.15) is 23.1 Å². The van der Waals surface area contributed by atoms with Crippen molar-refractivity contribution in [3.63, 3.8) is 0 Å². The van der Waals surface area contributed by atoms with Crippen LogP contribution in [0.25, 0.3) is 0 Å². The number of hydrogen-bond donors (Lipinski definition) is 4. The van der Waals surface area contributed by atoms with Crippen LogP contribution in [0.15, 0.2) is 48.5 Å². The molecule has 45 heavy (non-hydrogen) atoms. The molecule has 10 nitrogen and oxygen atoms in total. The molecule has 1 aliphatic carbocycles. The Bertz CT molecular complexity index is 1330. The molecule has 1 saturated heterocycles. The summed E-state index contributed by atoms with van der Waals surface area (Å²) in [6.45, 7) is 4.75. The number of carbonyl (C=O) groups excluding carboxylic acids is 1. The van der Waals surface area contributed by atoms with Gasteiger partial charge in [-0.05, 0) is 73.6 Å². The Morgan fingerprint density at radius 1 is 1.00 bits per heavy atom. The van der Waals surface area contributed by atoms with Crippen LogP contribution >= 0.6 is 12.4 Å². The molecular formula is C33H49ClN4O6S. The molecule has 1 aliphatic heterocycles. The fourth-order valence-electron chi connectivity index (χ4n) is 6.25. The molecule has 2 aromatic rings. The van der Waals surface area contributed by atoms with Gasteiger partial charge in [0.05, 0.1) is 6.26 Å². The van der Waals surface area contributed by atoms with E-state index in [1.807, 2.05) is 24.3 Å². The summed E-state index contributed by atoms with van der Waals surface area (Å²) in [5.41, 5.74) is 0.683. The molecule has 1 atom stereocenters. The summed E-state index contributed by atoms with van der Waals surface area (Å²) in [5, 5.41) is 16.6. The number of sulfonamides is 1. The number of hydrogen-bond acceptors (Lipinski definition) is 7. The Morgan fingerprint density at radius 2 is 1.60 bits per heavy atom. The number of rotatable bonds is 15. The van der Waals surface area contributed by atoms with Gasteiger partial charge in [-0.25, -0.2) is 8.42 Å². The number of nitrogens with one attached hydrogen (secondary N) is 3. The number of aliphatic carboxylic acids is 1. The van der Waals surface area contributed by atoms with Gasteiger partial charge in [-0.15, -0.1) is 12.4 Å². The van der Waals surface area contributed by atoms with Crippen LogP contribution in [0, 0.1) is 5.92 Å². The molecule has 2 aromatic carbocycles. The highest BCUT2D eigenvalue weighted by Gasteiger charge is 2.44. The van der Waals surface area contributed by atoms with Crippen molar-refractivity contribution in [3.8, 4) is 11.5 Å². The van der Waals surface area contributed by atoms with E-state index in [0.717, 1.165) is 50.3 Å². The Labute approximate surface area is 274 Å². The second kappa shape index (κ2) is 17.2. The fourth-order valence-corrected chi connectivity index (χ4v) is 6.82. The van der Waals surface area contributed by atoms with Crippen molar-refractivity contribution >= 4 is 40.0 Å². The summed E-state index contributed by atoms with van der Waals surface area (Å²) >= 11 is 0. The quantitative estimate of drug-likeness (QED) is 0.182. The molecule has 2 aliphatic rings. The molecule has 0 radical (unpaired) electrons. The third-order valence-corrected chi connectivity index (χ3v) is 9.33. The van der Waals surface area contributed by atoms with E-state index in [1.54, 1.807) is 24.3 Å². The van der Waals surface area contributed by atoms with Crippen molar-refractivity contribution in [2.75, 3.05) is 30.6 Å². The van der Waals surface area contributed by atoms with Gasteiger partial charge in [-0.1, -0.05) is 57.6 Å². The van der Waals surface area contributed by atoms with Gasteiger partial charge in [-0.3, -0.25) is 24.5 Å². The van der Waals surface area contributed by atoms with Crippen molar-refractivity contribution < 1.29 is 27.9 Å². The van der Waals surface area contributed by atoms with Crippen LogP contribution in [0.5, 0.6) is 11.5 Å². The summed E-state index contributed by atoms with van der Waals surface area (Å²) in [5.74, 6) is 0.698. The van der Waals surface area contributed by atoms with Crippen LogP contribution in [0.3, 0.4) is 0 Å². The van der Waals surface area contributed by atoms with E-state index in [0.29, 0.717) is 68.5 Å². The van der Waals surface area contributed by atoms with Gasteiger partial charge in [-0.2, -0.15) is 0 Å². The van der Waals surface area contributed by atoms with Crippen molar-refractivity contribution in [3.05, 3.63) is 54.1 Å². The van der Waals surface area contributed by atoms with Gasteiger partial charge in [0.2, 0.25) is 15.9 Å². The Morgan fingerprint density at radius 3 is 2.16 bits per heavy atom. The molecule has 4 rings (SSSR count). The smallest absolute Gasteiger partial charge is 0.320 e. The summed E-state index contributed by atoms with van der Waals surface area (Å²) in [6.07, 6.45) is 10.3. The van der Waals surface area contributed by atoms with E-state index in [9.17, 15) is 23.1 Å². The van der Waals surface area contributed by atoms with Crippen LogP contribution in [0.2, 0.25) is 0 Å². The maximum atomic E-state index is 13.5. The number of carboxylic acids is 1. The highest BCUT2D eigenvalue weighted by molar-refractivity contribution is 7.92. The topological polar surface area (TPSA) is 137 Å². The average Bonchev–Trinajstić information content (AvgIpc) is 2.99. The van der Waals surface area contributed by atoms with Crippen molar-refractivity contribution in [2.45, 2.75) is 89.3 Å². The molecule has 12 heteroatoms. The third kappa shape index (κ3) is 11.5. The Hall–Kier alpha value is -2.86. The summed E-state index contributed by atoms with van der Waals surface area (Å²) < 4.78 is 31.2. The minimum absolute atomic E-state index is 0. The second-order valence-corrected chi connectivity index (χ2v) is 14.1. The number of benzene rings is 2.